The van der Waals surface area contributed by atoms with Crippen molar-refractivity contribution < 1.29 is 14.4 Å². The number of halogens is 1. The van der Waals surface area contributed by atoms with Crippen molar-refractivity contribution in [2.75, 3.05) is 11.9 Å². The lowest BCUT2D eigenvalue weighted by Gasteiger charge is -2.30. The van der Waals surface area contributed by atoms with Crippen LogP contribution in [0.15, 0.2) is 48.5 Å². The highest BCUT2D eigenvalue weighted by molar-refractivity contribution is 6.31. The molecule has 7 heteroatoms. The molecule has 2 saturated heterocycles. The van der Waals surface area contributed by atoms with Gasteiger partial charge in [-0.05, 0) is 24.1 Å². The van der Waals surface area contributed by atoms with Crippen molar-refractivity contribution in [3.63, 3.8) is 0 Å². The first-order chi connectivity index (χ1) is 14.4. The molecule has 154 valence electrons. The van der Waals surface area contributed by atoms with Crippen LogP contribution in [0, 0.1) is 11.8 Å². The van der Waals surface area contributed by atoms with E-state index in [4.69, 9.17) is 11.6 Å². The van der Waals surface area contributed by atoms with Crippen LogP contribution in [0.25, 0.3) is 0 Å². The minimum Gasteiger partial charge on any atom is -0.306 e. The van der Waals surface area contributed by atoms with Crippen LogP contribution in [0.5, 0.6) is 0 Å². The third kappa shape index (κ3) is 2.32. The molecule has 3 aliphatic heterocycles. The van der Waals surface area contributed by atoms with Gasteiger partial charge in [0.25, 0.3) is 5.91 Å². The monoisotopic (exact) mass is 423 g/mol. The Morgan fingerprint density at radius 3 is 2.47 bits per heavy atom. The lowest BCUT2D eigenvalue weighted by Crippen LogP contribution is -2.54. The number of para-hydroxylation sites is 1. The topological polar surface area (TPSA) is 69.7 Å². The molecule has 1 N–H and O–H groups in total. The summed E-state index contributed by atoms with van der Waals surface area (Å²) in [5, 5.41) is 4.03. The number of nitrogens with zero attached hydrogens (tertiary/aromatic N) is 2. The molecule has 0 bridgehead atoms. The van der Waals surface area contributed by atoms with Gasteiger partial charge in [0.05, 0.1) is 18.4 Å². The molecule has 0 aliphatic carbocycles. The molecule has 30 heavy (non-hydrogen) atoms. The summed E-state index contributed by atoms with van der Waals surface area (Å²) < 4.78 is 0. The third-order valence-corrected chi connectivity index (χ3v) is 7.18. The molecule has 3 aliphatic rings. The number of benzene rings is 2. The van der Waals surface area contributed by atoms with Crippen LogP contribution in [0.1, 0.15) is 24.5 Å². The largest absolute Gasteiger partial charge is 0.306 e. The van der Waals surface area contributed by atoms with Crippen molar-refractivity contribution in [1.82, 2.24) is 10.2 Å². The Labute approximate surface area is 179 Å². The minimum absolute atomic E-state index is 0.203. The van der Waals surface area contributed by atoms with Crippen LogP contribution in [-0.4, -0.2) is 35.7 Å². The highest BCUT2D eigenvalue weighted by Gasteiger charge is 2.70. The number of rotatable bonds is 3. The molecule has 6 nitrogen and oxygen atoms in total. The van der Waals surface area contributed by atoms with Gasteiger partial charge in [-0.2, -0.15) is 0 Å². The lowest BCUT2D eigenvalue weighted by atomic mass is 9.76. The number of anilines is 1. The fourth-order valence-corrected chi connectivity index (χ4v) is 5.59. The number of nitrogens with one attached hydrogen (secondary N) is 1. The molecule has 5 rings (SSSR count). The molecule has 0 unspecified atom stereocenters. The minimum atomic E-state index is -1.24. The van der Waals surface area contributed by atoms with Gasteiger partial charge < -0.3 is 4.90 Å². The van der Waals surface area contributed by atoms with Crippen molar-refractivity contribution in [2.24, 2.45) is 11.8 Å². The Morgan fingerprint density at radius 2 is 1.73 bits per heavy atom. The average molecular weight is 424 g/mol. The van der Waals surface area contributed by atoms with Gasteiger partial charge in [0.1, 0.15) is 5.54 Å². The first kappa shape index (κ1) is 19.3. The van der Waals surface area contributed by atoms with Gasteiger partial charge in [-0.25, -0.2) is 0 Å². The second-order valence-electron chi connectivity index (χ2n) is 8.21. The van der Waals surface area contributed by atoms with Crippen LogP contribution in [0.4, 0.5) is 5.69 Å². The van der Waals surface area contributed by atoms with E-state index < -0.39 is 17.4 Å². The molecule has 2 fully saturated rings. The number of hydrogen-bond acceptors (Lipinski definition) is 4. The van der Waals surface area contributed by atoms with E-state index in [-0.39, 0.29) is 23.8 Å². The maximum absolute atomic E-state index is 14.0. The fourth-order valence-electron chi connectivity index (χ4n) is 5.40. The van der Waals surface area contributed by atoms with Gasteiger partial charge in [0.15, 0.2) is 0 Å². The molecule has 0 aromatic heterocycles. The molecular formula is C23H22ClN3O3. The fraction of sp³-hybridized carbons (Fsp3) is 0.348. The molecular weight excluding hydrogens is 402 g/mol. The number of likely N-dealkylation sites (tertiary alicyclic amines) is 1. The third-order valence-electron chi connectivity index (χ3n) is 6.81. The van der Waals surface area contributed by atoms with E-state index in [2.05, 4.69) is 5.32 Å². The van der Waals surface area contributed by atoms with Crippen molar-refractivity contribution in [3.8, 4) is 0 Å². The maximum Gasteiger partial charge on any atom is 0.253 e. The van der Waals surface area contributed by atoms with Crippen LogP contribution >= 0.6 is 11.6 Å². The zero-order chi connectivity index (χ0) is 21.2. The molecule has 0 radical (unpaired) electrons. The quantitative estimate of drug-likeness (QED) is 0.770. The van der Waals surface area contributed by atoms with Gasteiger partial charge in [0, 0.05) is 29.4 Å². The van der Waals surface area contributed by atoms with Gasteiger partial charge in [-0.15, -0.1) is 0 Å². The van der Waals surface area contributed by atoms with Gasteiger partial charge in [0.2, 0.25) is 11.8 Å². The second kappa shape index (κ2) is 6.65. The van der Waals surface area contributed by atoms with Crippen molar-refractivity contribution >= 4 is 35.0 Å². The highest BCUT2D eigenvalue weighted by atomic mass is 35.5. The van der Waals surface area contributed by atoms with E-state index in [0.29, 0.717) is 18.0 Å². The Balaban J connectivity index is 1.66. The number of fused-ring (bicyclic) bond motifs is 4. The molecule has 4 atom stereocenters. The number of amides is 3. The van der Waals surface area contributed by atoms with Gasteiger partial charge >= 0.3 is 0 Å². The summed E-state index contributed by atoms with van der Waals surface area (Å²) in [5.74, 6) is -1.99. The number of carbonyl (C=O) groups excluding carboxylic acids is 3. The first-order valence-electron chi connectivity index (χ1n) is 10.2. The molecule has 3 amide bonds. The zero-order valence-electron chi connectivity index (χ0n) is 16.8. The molecule has 0 saturated carbocycles. The van der Waals surface area contributed by atoms with Crippen LogP contribution in [0.3, 0.4) is 0 Å². The molecule has 2 aromatic rings. The Bertz CT molecular complexity index is 1090. The summed E-state index contributed by atoms with van der Waals surface area (Å²) in [7, 11) is 1.51. The summed E-state index contributed by atoms with van der Waals surface area (Å²) >= 11 is 6.37. The lowest BCUT2D eigenvalue weighted by molar-refractivity contribution is -0.141. The normalized spacial score (nSPS) is 29.8. The Kier molecular flexibility index (Phi) is 4.27. The Morgan fingerprint density at radius 1 is 1.03 bits per heavy atom. The molecule has 3 heterocycles. The number of carbonyl (C=O) groups is 3. The summed E-state index contributed by atoms with van der Waals surface area (Å²) in [4.78, 5) is 42.9. The summed E-state index contributed by atoms with van der Waals surface area (Å²) in [6, 6.07) is 14.7. The maximum atomic E-state index is 14.0. The van der Waals surface area contributed by atoms with E-state index in [1.165, 1.54) is 11.9 Å². The predicted molar refractivity (Wildman–Crippen MR) is 113 cm³/mol. The van der Waals surface area contributed by atoms with Crippen molar-refractivity contribution in [2.45, 2.75) is 31.5 Å². The van der Waals surface area contributed by atoms with E-state index in [1.807, 2.05) is 49.4 Å². The summed E-state index contributed by atoms with van der Waals surface area (Å²) in [6.45, 7) is 2.27. The van der Waals surface area contributed by atoms with E-state index >= 15 is 0 Å². The van der Waals surface area contributed by atoms with E-state index in [0.717, 1.165) is 16.8 Å². The van der Waals surface area contributed by atoms with Crippen LogP contribution in [-0.2, 0) is 26.5 Å². The second-order valence-corrected chi connectivity index (χ2v) is 8.61. The SMILES string of the molecule is CC[C@@H]1N[C@]2(C(=O)N(Cc3ccccc3Cl)c3ccccc32)[C@H]2C(=O)N(C)C(=O)[C@H]12. The Hall–Kier alpha value is -2.70. The average Bonchev–Trinajstić information content (AvgIpc) is 3.31. The highest BCUT2D eigenvalue weighted by Crippen LogP contribution is 2.55. The van der Waals surface area contributed by atoms with Gasteiger partial charge in [-0.3, -0.25) is 24.6 Å². The predicted octanol–water partition coefficient (Wildman–Crippen LogP) is 2.69. The van der Waals surface area contributed by atoms with E-state index in [1.54, 1.807) is 11.0 Å². The smallest absolute Gasteiger partial charge is 0.253 e. The summed E-state index contributed by atoms with van der Waals surface area (Å²) in [5.41, 5.74) is 1.09. The molecule has 1 spiro atoms. The first-order valence-corrected chi connectivity index (χ1v) is 10.5. The number of imide groups is 1. The van der Waals surface area contributed by atoms with Crippen molar-refractivity contribution in [1.29, 1.82) is 0 Å². The number of hydrogen-bond donors (Lipinski definition) is 1. The summed E-state index contributed by atoms with van der Waals surface area (Å²) in [6.07, 6.45) is 0.649. The van der Waals surface area contributed by atoms with Crippen LogP contribution in [0.2, 0.25) is 5.02 Å². The van der Waals surface area contributed by atoms with E-state index in [9.17, 15) is 14.4 Å². The van der Waals surface area contributed by atoms with Gasteiger partial charge in [-0.1, -0.05) is 54.9 Å². The standard InChI is InChI=1S/C23H22ClN3O3/c1-3-16-18-19(21(29)26(2)20(18)28)23(25-16)14-9-5-7-11-17(14)27(22(23)30)12-13-8-4-6-10-15(13)24/h4-11,16,18-19,25H,3,12H2,1-2H3/t16-,18+,19+,23-/m0/s1. The zero-order valence-corrected chi connectivity index (χ0v) is 17.5. The molecule has 2 aromatic carbocycles. The van der Waals surface area contributed by atoms with Crippen molar-refractivity contribution in [3.05, 3.63) is 64.7 Å². The van der Waals surface area contributed by atoms with Crippen LogP contribution < -0.4 is 10.2 Å².